The molecule has 1 aromatic rings. The zero-order chi connectivity index (χ0) is 14.5. The Kier molecular flexibility index (Phi) is 5.02. The minimum Gasteiger partial charge on any atom is -0.480 e. The molecule has 0 radical (unpaired) electrons. The molecular formula is C12H15F3N2O2. The molecule has 1 unspecified atom stereocenters. The highest BCUT2D eigenvalue weighted by molar-refractivity contribution is 5.73. The summed E-state index contributed by atoms with van der Waals surface area (Å²) >= 11 is 0. The number of alkyl halides is 3. The predicted molar refractivity (Wildman–Crippen MR) is 66.3 cm³/mol. The summed E-state index contributed by atoms with van der Waals surface area (Å²) in [4.78, 5) is 10.4. The molecule has 7 heteroatoms. The van der Waals surface area contributed by atoms with E-state index in [1.807, 2.05) is 0 Å². The predicted octanol–water partition coefficient (Wildman–Crippen LogP) is 2.94. The SMILES string of the molecule is CCC(Nc1cccc(NCC(=O)O)c1)C(F)(F)F. The van der Waals surface area contributed by atoms with E-state index in [0.29, 0.717) is 11.4 Å². The molecule has 4 nitrogen and oxygen atoms in total. The Balaban J connectivity index is 2.73. The molecule has 0 aliphatic rings. The van der Waals surface area contributed by atoms with Gasteiger partial charge in [-0.2, -0.15) is 13.2 Å². The first-order chi connectivity index (χ1) is 8.82. The standard InChI is InChI=1S/C12H15F3N2O2/c1-2-10(12(13,14)15)17-9-5-3-4-8(6-9)16-7-11(18)19/h3-6,10,16-17H,2,7H2,1H3,(H,18,19). The van der Waals surface area contributed by atoms with Crippen molar-refractivity contribution in [1.82, 2.24) is 0 Å². The third kappa shape index (κ3) is 5.07. The summed E-state index contributed by atoms with van der Waals surface area (Å²) in [5.74, 6) is -1.04. The Labute approximate surface area is 108 Å². The molecule has 1 rings (SSSR count). The number of rotatable bonds is 6. The number of benzene rings is 1. The van der Waals surface area contributed by atoms with Crippen LogP contribution in [-0.4, -0.2) is 29.8 Å². The third-order valence-electron chi connectivity index (χ3n) is 2.45. The monoisotopic (exact) mass is 276 g/mol. The minimum absolute atomic E-state index is 0.0870. The van der Waals surface area contributed by atoms with E-state index in [9.17, 15) is 18.0 Å². The molecule has 0 aliphatic carbocycles. The summed E-state index contributed by atoms with van der Waals surface area (Å²) in [6.07, 6.45) is -4.41. The van der Waals surface area contributed by atoms with Crippen LogP contribution >= 0.6 is 0 Å². The van der Waals surface area contributed by atoms with Crippen LogP contribution in [0, 0.1) is 0 Å². The van der Waals surface area contributed by atoms with Gasteiger partial charge in [0.2, 0.25) is 0 Å². The molecule has 0 saturated heterocycles. The first-order valence-corrected chi connectivity index (χ1v) is 5.72. The van der Waals surface area contributed by atoms with Gasteiger partial charge in [0.05, 0.1) is 0 Å². The van der Waals surface area contributed by atoms with E-state index in [4.69, 9.17) is 5.11 Å². The van der Waals surface area contributed by atoms with Crippen LogP contribution in [0.4, 0.5) is 24.5 Å². The maximum absolute atomic E-state index is 12.6. The second-order valence-electron chi connectivity index (χ2n) is 3.97. The van der Waals surface area contributed by atoms with Gasteiger partial charge >= 0.3 is 12.1 Å². The first-order valence-electron chi connectivity index (χ1n) is 5.72. The summed E-state index contributed by atoms with van der Waals surface area (Å²) in [5, 5.41) is 13.5. The lowest BCUT2D eigenvalue weighted by Gasteiger charge is -2.21. The van der Waals surface area contributed by atoms with Gasteiger partial charge in [0.25, 0.3) is 0 Å². The van der Waals surface area contributed by atoms with E-state index in [1.165, 1.54) is 19.1 Å². The maximum Gasteiger partial charge on any atom is 0.408 e. The van der Waals surface area contributed by atoms with Crippen molar-refractivity contribution >= 4 is 17.3 Å². The Hall–Kier alpha value is -1.92. The Morgan fingerprint density at radius 3 is 2.53 bits per heavy atom. The van der Waals surface area contributed by atoms with E-state index in [-0.39, 0.29) is 13.0 Å². The van der Waals surface area contributed by atoms with E-state index < -0.39 is 18.2 Å². The molecule has 0 aromatic heterocycles. The molecule has 0 heterocycles. The van der Waals surface area contributed by atoms with Gasteiger partial charge < -0.3 is 15.7 Å². The maximum atomic E-state index is 12.6. The fourth-order valence-corrected chi connectivity index (χ4v) is 1.51. The van der Waals surface area contributed by atoms with Crippen molar-refractivity contribution in [3.8, 4) is 0 Å². The highest BCUT2D eigenvalue weighted by Crippen LogP contribution is 2.26. The fraction of sp³-hybridized carbons (Fsp3) is 0.417. The number of carboxylic acid groups (broad SMARTS) is 1. The molecule has 106 valence electrons. The highest BCUT2D eigenvalue weighted by Gasteiger charge is 2.38. The molecule has 0 saturated carbocycles. The number of carboxylic acids is 1. The van der Waals surface area contributed by atoms with Gasteiger partial charge in [-0.3, -0.25) is 4.79 Å². The lowest BCUT2D eigenvalue weighted by molar-refractivity contribution is -0.142. The molecule has 19 heavy (non-hydrogen) atoms. The molecule has 0 fully saturated rings. The van der Waals surface area contributed by atoms with E-state index >= 15 is 0 Å². The largest absolute Gasteiger partial charge is 0.480 e. The number of carbonyl (C=O) groups is 1. The summed E-state index contributed by atoms with van der Waals surface area (Å²) in [5.41, 5.74) is 0.740. The lowest BCUT2D eigenvalue weighted by Crippen LogP contribution is -2.35. The molecular weight excluding hydrogens is 261 g/mol. The Morgan fingerprint density at radius 1 is 1.37 bits per heavy atom. The van der Waals surface area contributed by atoms with Crippen molar-refractivity contribution in [3.63, 3.8) is 0 Å². The number of aliphatic carboxylic acids is 1. The van der Waals surface area contributed by atoms with E-state index in [0.717, 1.165) is 0 Å². The second-order valence-corrected chi connectivity index (χ2v) is 3.97. The Morgan fingerprint density at radius 2 is 2.00 bits per heavy atom. The van der Waals surface area contributed by atoms with Crippen LogP contribution < -0.4 is 10.6 Å². The Bertz CT molecular complexity index is 435. The topological polar surface area (TPSA) is 61.4 Å². The van der Waals surface area contributed by atoms with Gasteiger partial charge in [-0.05, 0) is 24.6 Å². The number of hydrogen-bond acceptors (Lipinski definition) is 3. The molecule has 1 atom stereocenters. The molecule has 0 amide bonds. The van der Waals surface area contributed by atoms with Gasteiger partial charge in [0, 0.05) is 11.4 Å². The lowest BCUT2D eigenvalue weighted by atomic mass is 10.2. The average Bonchev–Trinajstić information content (AvgIpc) is 2.32. The minimum atomic E-state index is -4.32. The normalized spacial score (nSPS) is 12.8. The van der Waals surface area contributed by atoms with Crippen LogP contribution in [0.2, 0.25) is 0 Å². The van der Waals surface area contributed by atoms with Crippen LogP contribution in [0.1, 0.15) is 13.3 Å². The zero-order valence-electron chi connectivity index (χ0n) is 10.3. The van der Waals surface area contributed by atoms with Gasteiger partial charge in [0.1, 0.15) is 12.6 Å². The fourth-order valence-electron chi connectivity index (χ4n) is 1.51. The van der Waals surface area contributed by atoms with E-state index in [1.54, 1.807) is 12.1 Å². The highest BCUT2D eigenvalue weighted by atomic mass is 19.4. The van der Waals surface area contributed by atoms with Crippen molar-refractivity contribution in [2.45, 2.75) is 25.6 Å². The number of nitrogens with one attached hydrogen (secondary N) is 2. The van der Waals surface area contributed by atoms with Crippen LogP contribution in [0.15, 0.2) is 24.3 Å². The van der Waals surface area contributed by atoms with Crippen LogP contribution in [-0.2, 0) is 4.79 Å². The van der Waals surface area contributed by atoms with Gasteiger partial charge in [0.15, 0.2) is 0 Å². The van der Waals surface area contributed by atoms with Crippen molar-refractivity contribution in [1.29, 1.82) is 0 Å². The van der Waals surface area contributed by atoms with Gasteiger partial charge in [-0.1, -0.05) is 13.0 Å². The number of hydrogen-bond donors (Lipinski definition) is 3. The van der Waals surface area contributed by atoms with Crippen molar-refractivity contribution < 1.29 is 23.1 Å². The molecule has 3 N–H and O–H groups in total. The summed E-state index contributed by atoms with van der Waals surface area (Å²) in [6.45, 7) is 1.15. The number of anilines is 2. The van der Waals surface area contributed by atoms with Crippen LogP contribution in [0.25, 0.3) is 0 Å². The first kappa shape index (κ1) is 15.1. The van der Waals surface area contributed by atoms with Crippen molar-refractivity contribution in [2.75, 3.05) is 17.2 Å². The van der Waals surface area contributed by atoms with E-state index in [2.05, 4.69) is 10.6 Å². The second kappa shape index (κ2) is 6.31. The summed E-state index contributed by atoms with van der Waals surface area (Å²) in [7, 11) is 0. The smallest absolute Gasteiger partial charge is 0.408 e. The third-order valence-corrected chi connectivity index (χ3v) is 2.45. The van der Waals surface area contributed by atoms with Crippen molar-refractivity contribution in [3.05, 3.63) is 24.3 Å². The zero-order valence-corrected chi connectivity index (χ0v) is 10.3. The van der Waals surface area contributed by atoms with Crippen molar-refractivity contribution in [2.24, 2.45) is 0 Å². The number of halogens is 3. The summed E-state index contributed by atoms with van der Waals surface area (Å²) in [6, 6.07) is 4.46. The average molecular weight is 276 g/mol. The quantitative estimate of drug-likeness (QED) is 0.747. The van der Waals surface area contributed by atoms with Gasteiger partial charge in [-0.15, -0.1) is 0 Å². The van der Waals surface area contributed by atoms with Crippen LogP contribution in [0.5, 0.6) is 0 Å². The molecule has 1 aromatic carbocycles. The molecule has 0 bridgehead atoms. The molecule has 0 aliphatic heterocycles. The molecule has 0 spiro atoms. The summed E-state index contributed by atoms with van der Waals surface area (Å²) < 4.78 is 37.8. The van der Waals surface area contributed by atoms with Crippen LogP contribution in [0.3, 0.4) is 0 Å². The van der Waals surface area contributed by atoms with Gasteiger partial charge in [-0.25, -0.2) is 0 Å².